The number of aromatic amines is 1. The van der Waals surface area contributed by atoms with E-state index in [-0.39, 0.29) is 5.02 Å². The van der Waals surface area contributed by atoms with Gasteiger partial charge in [-0.3, -0.25) is 9.88 Å². The van der Waals surface area contributed by atoms with Crippen molar-refractivity contribution >= 4 is 40.4 Å². The SMILES string of the molecule is FC(F)(F)c1c[nH+]c(N2CCCN(C(=S)Nc3cccnc3)CC2)c(Cl)c1. The second-order valence-corrected chi connectivity index (χ2v) is 6.88. The number of pyridine rings is 2. The normalized spacial score (nSPS) is 15.4. The van der Waals surface area contributed by atoms with Gasteiger partial charge in [0.25, 0.3) is 5.82 Å². The maximum absolute atomic E-state index is 12.8. The number of nitrogens with zero attached hydrogens (tertiary/aromatic N) is 3. The molecule has 5 nitrogen and oxygen atoms in total. The summed E-state index contributed by atoms with van der Waals surface area (Å²) in [5, 5.41) is 3.79. The molecule has 0 saturated carbocycles. The van der Waals surface area contributed by atoms with E-state index in [2.05, 4.69) is 15.3 Å². The Balaban J connectivity index is 1.65. The molecule has 0 spiro atoms. The van der Waals surface area contributed by atoms with Crippen molar-refractivity contribution in [1.82, 2.24) is 9.88 Å². The molecule has 10 heteroatoms. The molecular weight excluding hydrogens is 399 g/mol. The van der Waals surface area contributed by atoms with Crippen LogP contribution in [0.25, 0.3) is 0 Å². The highest BCUT2D eigenvalue weighted by Crippen LogP contribution is 2.32. The zero-order valence-corrected chi connectivity index (χ0v) is 15.8. The molecule has 1 aliphatic heterocycles. The quantitative estimate of drug-likeness (QED) is 0.759. The van der Waals surface area contributed by atoms with Gasteiger partial charge in [-0.15, -0.1) is 0 Å². The zero-order valence-electron chi connectivity index (χ0n) is 14.3. The molecule has 1 aliphatic rings. The molecule has 1 saturated heterocycles. The van der Waals surface area contributed by atoms with Gasteiger partial charge in [0, 0.05) is 19.2 Å². The van der Waals surface area contributed by atoms with Gasteiger partial charge in [0.05, 0.1) is 30.5 Å². The van der Waals surface area contributed by atoms with Crippen molar-refractivity contribution < 1.29 is 18.2 Å². The Kier molecular flexibility index (Phi) is 6.01. The number of hydrogen-bond acceptors (Lipinski definition) is 3. The molecule has 0 aromatic carbocycles. The molecule has 0 unspecified atom stereocenters. The van der Waals surface area contributed by atoms with E-state index in [4.69, 9.17) is 23.8 Å². The molecule has 1 fully saturated rings. The molecule has 2 aromatic rings. The summed E-state index contributed by atoms with van der Waals surface area (Å²) in [7, 11) is 0. The van der Waals surface area contributed by atoms with Crippen LogP contribution >= 0.6 is 23.8 Å². The molecule has 144 valence electrons. The second-order valence-electron chi connectivity index (χ2n) is 6.08. The predicted octanol–water partition coefficient (Wildman–Crippen LogP) is 3.48. The van der Waals surface area contributed by atoms with Gasteiger partial charge < -0.3 is 10.2 Å². The molecule has 0 amide bonds. The predicted molar refractivity (Wildman–Crippen MR) is 102 cm³/mol. The Labute approximate surface area is 165 Å². The van der Waals surface area contributed by atoms with Gasteiger partial charge in [-0.1, -0.05) is 11.6 Å². The number of anilines is 2. The van der Waals surface area contributed by atoms with Crippen LogP contribution in [-0.4, -0.2) is 41.2 Å². The van der Waals surface area contributed by atoms with Crippen LogP contribution in [0.4, 0.5) is 24.7 Å². The summed E-state index contributed by atoms with van der Waals surface area (Å²) in [6.45, 7) is 2.60. The van der Waals surface area contributed by atoms with E-state index < -0.39 is 11.7 Å². The van der Waals surface area contributed by atoms with E-state index in [0.29, 0.717) is 30.6 Å². The highest BCUT2D eigenvalue weighted by Gasteiger charge is 2.34. The van der Waals surface area contributed by atoms with Gasteiger partial charge in [0.1, 0.15) is 17.8 Å². The fraction of sp³-hybridized carbons (Fsp3) is 0.353. The van der Waals surface area contributed by atoms with Crippen molar-refractivity contribution in [2.75, 3.05) is 36.4 Å². The average molecular weight is 417 g/mol. The average Bonchev–Trinajstić information content (AvgIpc) is 2.88. The van der Waals surface area contributed by atoms with Gasteiger partial charge in [-0.2, -0.15) is 13.2 Å². The maximum Gasteiger partial charge on any atom is 0.419 e. The maximum atomic E-state index is 12.8. The molecule has 2 N–H and O–H groups in total. The van der Waals surface area contributed by atoms with Crippen molar-refractivity contribution in [1.29, 1.82) is 0 Å². The van der Waals surface area contributed by atoms with Crippen molar-refractivity contribution in [3.8, 4) is 0 Å². The van der Waals surface area contributed by atoms with Gasteiger partial charge in [0.15, 0.2) is 5.11 Å². The largest absolute Gasteiger partial charge is 0.419 e. The fourth-order valence-corrected chi connectivity index (χ4v) is 3.44. The number of nitrogens with one attached hydrogen (secondary N) is 2. The number of rotatable bonds is 2. The topological polar surface area (TPSA) is 45.5 Å². The van der Waals surface area contributed by atoms with Gasteiger partial charge in [-0.25, -0.2) is 4.98 Å². The minimum absolute atomic E-state index is 0.0503. The summed E-state index contributed by atoms with van der Waals surface area (Å²) in [5.41, 5.74) is 0.0114. The zero-order chi connectivity index (χ0) is 19.4. The van der Waals surface area contributed by atoms with Crippen LogP contribution < -0.4 is 15.2 Å². The van der Waals surface area contributed by atoms with E-state index >= 15 is 0 Å². The van der Waals surface area contributed by atoms with Gasteiger partial charge in [0.2, 0.25) is 0 Å². The number of halogens is 4. The molecular formula is C17H18ClF3N5S+. The first-order chi connectivity index (χ1) is 12.8. The third kappa shape index (κ3) is 4.98. The minimum atomic E-state index is -4.43. The Morgan fingerprint density at radius 3 is 2.74 bits per heavy atom. The molecule has 0 atom stereocenters. The first-order valence-electron chi connectivity index (χ1n) is 8.34. The molecule has 2 aromatic heterocycles. The lowest BCUT2D eigenvalue weighted by Gasteiger charge is -2.23. The van der Waals surface area contributed by atoms with Gasteiger partial charge >= 0.3 is 6.18 Å². The fourth-order valence-electron chi connectivity index (χ4n) is 2.85. The molecule has 3 rings (SSSR count). The molecule has 3 heterocycles. The summed E-state index contributed by atoms with van der Waals surface area (Å²) in [5.74, 6) is 0.484. The van der Waals surface area contributed by atoms with E-state index in [1.165, 1.54) is 0 Å². The van der Waals surface area contributed by atoms with E-state index in [9.17, 15) is 13.2 Å². The van der Waals surface area contributed by atoms with Crippen LogP contribution in [0, 0.1) is 0 Å². The number of aromatic nitrogens is 2. The van der Waals surface area contributed by atoms with Crippen molar-refractivity contribution in [3.05, 3.63) is 47.4 Å². The smallest absolute Gasteiger partial charge is 0.345 e. The number of alkyl halides is 3. The minimum Gasteiger partial charge on any atom is -0.345 e. The van der Waals surface area contributed by atoms with E-state index in [1.54, 1.807) is 12.4 Å². The Hall–Kier alpha value is -2.13. The lowest BCUT2D eigenvalue weighted by molar-refractivity contribution is -0.367. The number of H-pyrrole nitrogens is 1. The van der Waals surface area contributed by atoms with Crippen LogP contribution in [0.3, 0.4) is 0 Å². The van der Waals surface area contributed by atoms with Crippen molar-refractivity contribution in [2.24, 2.45) is 0 Å². The lowest BCUT2D eigenvalue weighted by atomic mass is 10.2. The molecule has 0 aliphatic carbocycles. The summed E-state index contributed by atoms with van der Waals surface area (Å²) in [6.07, 6.45) is 0.673. The van der Waals surface area contributed by atoms with E-state index in [0.717, 1.165) is 30.9 Å². The monoisotopic (exact) mass is 416 g/mol. The summed E-state index contributed by atoms with van der Waals surface area (Å²) < 4.78 is 38.4. The molecule has 0 radical (unpaired) electrons. The number of hydrogen-bond donors (Lipinski definition) is 1. The van der Waals surface area contributed by atoms with E-state index in [1.807, 2.05) is 21.9 Å². The molecule has 27 heavy (non-hydrogen) atoms. The van der Waals surface area contributed by atoms with Crippen LogP contribution in [0.1, 0.15) is 12.0 Å². The van der Waals surface area contributed by atoms with Crippen LogP contribution in [0.5, 0.6) is 0 Å². The van der Waals surface area contributed by atoms with Crippen molar-refractivity contribution in [2.45, 2.75) is 12.6 Å². The Morgan fingerprint density at radius 2 is 2.07 bits per heavy atom. The third-order valence-corrected chi connectivity index (χ3v) is 4.86. The number of thiocarbonyl (C=S) groups is 1. The summed E-state index contributed by atoms with van der Waals surface area (Å²) >= 11 is 11.6. The highest BCUT2D eigenvalue weighted by molar-refractivity contribution is 7.80. The highest BCUT2D eigenvalue weighted by atomic mass is 35.5. The Bertz CT molecular complexity index is 803. The lowest BCUT2D eigenvalue weighted by Crippen LogP contribution is -2.38. The van der Waals surface area contributed by atoms with Crippen molar-refractivity contribution in [3.63, 3.8) is 0 Å². The summed E-state index contributed by atoms with van der Waals surface area (Å²) in [4.78, 5) is 10.7. The first kappa shape index (κ1) is 19.6. The van der Waals surface area contributed by atoms with Crippen LogP contribution in [-0.2, 0) is 6.18 Å². The third-order valence-electron chi connectivity index (χ3n) is 4.21. The standard InChI is InChI=1S/C17H17ClF3N5S/c18-14-9-12(17(19,20)21)10-23-15(14)25-5-2-6-26(8-7-25)16(27)24-13-3-1-4-22-11-13/h1,3-4,9-11H,2,5-8H2,(H,24,27)/p+1. The summed E-state index contributed by atoms with van der Waals surface area (Å²) in [6, 6.07) is 4.64. The Morgan fingerprint density at radius 1 is 1.26 bits per heavy atom. The molecule has 0 bridgehead atoms. The van der Waals surface area contributed by atoms with Crippen LogP contribution in [0.2, 0.25) is 5.02 Å². The first-order valence-corrected chi connectivity index (χ1v) is 9.12. The van der Waals surface area contributed by atoms with Crippen LogP contribution in [0.15, 0.2) is 36.8 Å². The van der Waals surface area contributed by atoms with Gasteiger partial charge in [-0.05, 0) is 30.4 Å². The second kappa shape index (κ2) is 8.26.